The molecule has 3 heteroatoms. The molecular weight excluding hydrogens is 666 g/mol. The van der Waals surface area contributed by atoms with Gasteiger partial charge in [-0.15, -0.1) is 11.3 Å². The van der Waals surface area contributed by atoms with Crippen LogP contribution >= 0.6 is 19.3 Å². The van der Waals surface area contributed by atoms with Crippen molar-refractivity contribution in [3.05, 3.63) is 194 Å². The van der Waals surface area contributed by atoms with Gasteiger partial charge in [0.1, 0.15) is 0 Å². The van der Waals surface area contributed by atoms with Gasteiger partial charge in [-0.25, -0.2) is 4.98 Å². The third kappa shape index (κ3) is 5.31. The van der Waals surface area contributed by atoms with Gasteiger partial charge in [0.15, 0.2) is 0 Å². The molecule has 0 N–H and O–H groups in total. The van der Waals surface area contributed by atoms with Gasteiger partial charge in [-0.2, -0.15) is 0 Å². The number of rotatable bonds is 6. The first-order chi connectivity index (χ1) is 25.8. The molecule has 0 spiro atoms. The molecule has 0 saturated heterocycles. The Labute approximate surface area is 308 Å². The molecule has 0 aliphatic carbocycles. The molecule has 0 bridgehead atoms. The molecule has 0 saturated carbocycles. The number of pyridine rings is 1. The van der Waals surface area contributed by atoms with Crippen LogP contribution in [0.15, 0.2) is 194 Å². The van der Waals surface area contributed by atoms with Crippen molar-refractivity contribution in [3.63, 3.8) is 0 Å². The zero-order valence-corrected chi connectivity index (χ0v) is 30.0. The van der Waals surface area contributed by atoms with Crippen LogP contribution in [0.2, 0.25) is 0 Å². The van der Waals surface area contributed by atoms with Crippen LogP contribution in [0.4, 0.5) is 0 Å². The van der Waals surface area contributed by atoms with Crippen molar-refractivity contribution in [3.8, 4) is 33.5 Å². The first kappa shape index (κ1) is 30.9. The van der Waals surface area contributed by atoms with Gasteiger partial charge in [-0.05, 0) is 58.2 Å². The van der Waals surface area contributed by atoms with E-state index in [-0.39, 0.29) is 0 Å². The van der Waals surface area contributed by atoms with Crippen molar-refractivity contribution in [2.24, 2.45) is 0 Å². The number of thiophene rings is 1. The summed E-state index contributed by atoms with van der Waals surface area (Å²) in [5.74, 6) is 0. The average molecular weight is 698 g/mol. The minimum absolute atomic E-state index is 0.642. The molecule has 0 fully saturated rings. The summed E-state index contributed by atoms with van der Waals surface area (Å²) in [7, 11) is -0.642. The summed E-state index contributed by atoms with van der Waals surface area (Å²) in [6.45, 7) is 0. The van der Waals surface area contributed by atoms with Crippen LogP contribution in [-0.4, -0.2) is 4.98 Å². The molecule has 0 radical (unpaired) electrons. The van der Waals surface area contributed by atoms with Crippen molar-refractivity contribution in [1.29, 1.82) is 0 Å². The smallest absolute Gasteiger partial charge is 0.0788 e. The van der Waals surface area contributed by atoms with Gasteiger partial charge in [0.25, 0.3) is 0 Å². The number of benzene rings is 8. The molecule has 2 heterocycles. The van der Waals surface area contributed by atoms with Crippen molar-refractivity contribution < 1.29 is 0 Å². The molecule has 0 aliphatic rings. The van der Waals surface area contributed by atoms with Crippen LogP contribution in [0.3, 0.4) is 0 Å². The monoisotopic (exact) mass is 697 g/mol. The van der Waals surface area contributed by atoms with Gasteiger partial charge in [-0.1, -0.05) is 182 Å². The van der Waals surface area contributed by atoms with Crippen LogP contribution in [0.5, 0.6) is 0 Å². The third-order valence-corrected chi connectivity index (χ3v) is 13.8. The maximum absolute atomic E-state index is 5.19. The molecule has 0 atom stereocenters. The predicted molar refractivity (Wildman–Crippen MR) is 227 cm³/mol. The average Bonchev–Trinajstić information content (AvgIpc) is 3.61. The number of aromatic nitrogens is 1. The van der Waals surface area contributed by atoms with E-state index in [0.29, 0.717) is 0 Å². The summed E-state index contributed by atoms with van der Waals surface area (Å²) in [5, 5.41) is 10.4. The molecule has 1 nitrogen and oxygen atoms in total. The Morgan fingerprint density at radius 2 is 0.923 bits per heavy atom. The first-order valence-corrected chi connectivity index (χ1v) is 19.8. The fraction of sp³-hybridized carbons (Fsp3) is 0. The van der Waals surface area contributed by atoms with Crippen LogP contribution < -0.4 is 15.9 Å². The fourth-order valence-corrected chi connectivity index (χ4v) is 11.3. The summed E-state index contributed by atoms with van der Waals surface area (Å²) >= 11 is 1.91. The Morgan fingerprint density at radius 1 is 0.365 bits per heavy atom. The zero-order chi connectivity index (χ0) is 34.4. The summed E-state index contributed by atoms with van der Waals surface area (Å²) in [5.41, 5.74) is 8.15. The molecule has 8 aromatic carbocycles. The maximum atomic E-state index is 5.19. The van der Waals surface area contributed by atoms with E-state index in [1.807, 2.05) is 11.3 Å². The topological polar surface area (TPSA) is 12.9 Å². The third-order valence-electron chi connectivity index (χ3n) is 10.0. The van der Waals surface area contributed by atoms with Gasteiger partial charge in [0, 0.05) is 41.9 Å². The summed E-state index contributed by atoms with van der Waals surface area (Å²) in [6.07, 6.45) is 0. The molecule has 10 rings (SSSR count). The van der Waals surface area contributed by atoms with Gasteiger partial charge >= 0.3 is 0 Å². The van der Waals surface area contributed by atoms with Crippen LogP contribution in [0.1, 0.15) is 0 Å². The highest BCUT2D eigenvalue weighted by Gasteiger charge is 2.19. The number of nitrogens with zero attached hydrogens (tertiary/aromatic N) is 1. The Balaban J connectivity index is 1.09. The second-order valence-corrected chi connectivity index (χ2v) is 16.4. The van der Waals surface area contributed by atoms with Crippen molar-refractivity contribution in [1.82, 2.24) is 4.98 Å². The van der Waals surface area contributed by atoms with E-state index in [9.17, 15) is 0 Å². The summed E-state index contributed by atoms with van der Waals surface area (Å²) in [6, 6.07) is 70.7. The maximum Gasteiger partial charge on any atom is 0.0788 e. The molecule has 52 heavy (non-hydrogen) atoms. The van der Waals surface area contributed by atoms with E-state index in [2.05, 4.69) is 194 Å². The van der Waals surface area contributed by atoms with E-state index in [1.54, 1.807) is 0 Å². The lowest BCUT2D eigenvalue weighted by molar-refractivity contribution is 1.43. The van der Waals surface area contributed by atoms with Gasteiger partial charge in [-0.3, -0.25) is 0 Å². The van der Waals surface area contributed by atoms with Gasteiger partial charge < -0.3 is 0 Å². The molecule has 0 aliphatic heterocycles. The Bertz CT molecular complexity index is 2840. The van der Waals surface area contributed by atoms with Crippen molar-refractivity contribution in [2.75, 3.05) is 0 Å². The second kappa shape index (κ2) is 13.0. The normalized spacial score (nSPS) is 11.6. The quantitative estimate of drug-likeness (QED) is 0.124. The minimum Gasteiger partial charge on any atom is -0.247 e. The zero-order valence-electron chi connectivity index (χ0n) is 28.3. The van der Waals surface area contributed by atoms with E-state index in [1.165, 1.54) is 74.5 Å². The number of hydrogen-bond donors (Lipinski definition) is 0. The first-order valence-electron chi connectivity index (χ1n) is 17.6. The highest BCUT2D eigenvalue weighted by Crippen LogP contribution is 2.46. The predicted octanol–water partition coefficient (Wildman–Crippen LogP) is 12.5. The van der Waals surface area contributed by atoms with E-state index in [0.717, 1.165) is 16.8 Å². The lowest BCUT2D eigenvalue weighted by Crippen LogP contribution is -2.20. The SMILES string of the molecule is c1ccc(-c2nc3ccccc3c3c2ccc2c4cccc(-c5cccc(-c6ccc(P(c7ccccc7)c7ccccc7)cc6)c5)c4sc23)cc1. The lowest BCUT2D eigenvalue weighted by Gasteiger charge is -2.19. The standard InChI is InChI=1S/C49H32NPS/c1-4-14-34(15-5-1)47-44-31-30-42-41-24-13-23-40(48(41)52-49(42)46(44)43-22-10-11-25-45(43)50-47)36-17-12-16-35(32-36)33-26-28-39(29-27-33)51(37-18-6-2-7-19-37)38-20-8-3-9-21-38/h1-32H. The summed E-state index contributed by atoms with van der Waals surface area (Å²) < 4.78 is 2.63. The molecule has 2 aromatic heterocycles. The highest BCUT2D eigenvalue weighted by molar-refractivity contribution is 7.79. The largest absolute Gasteiger partial charge is 0.247 e. The molecule has 244 valence electrons. The summed E-state index contributed by atoms with van der Waals surface area (Å²) in [4.78, 5) is 5.19. The number of fused-ring (bicyclic) bond motifs is 7. The van der Waals surface area contributed by atoms with Crippen molar-refractivity contribution in [2.45, 2.75) is 0 Å². The Hall–Kier alpha value is -5.92. The van der Waals surface area contributed by atoms with Crippen LogP contribution in [0.25, 0.3) is 75.4 Å². The van der Waals surface area contributed by atoms with Crippen molar-refractivity contribution >= 4 is 77.0 Å². The molecule has 0 amide bonds. The molecule has 0 unspecified atom stereocenters. The van der Waals surface area contributed by atoms with Crippen LogP contribution in [-0.2, 0) is 0 Å². The second-order valence-electron chi connectivity index (χ2n) is 13.1. The lowest BCUT2D eigenvalue weighted by atomic mass is 9.96. The minimum atomic E-state index is -0.642. The number of hydrogen-bond acceptors (Lipinski definition) is 2. The molecular formula is C49H32NPS. The Kier molecular flexibility index (Phi) is 7.72. The van der Waals surface area contributed by atoms with Gasteiger partial charge in [0.05, 0.1) is 11.2 Å². The van der Waals surface area contributed by atoms with E-state index < -0.39 is 7.92 Å². The molecule has 10 aromatic rings. The van der Waals surface area contributed by atoms with Gasteiger partial charge in [0.2, 0.25) is 0 Å². The van der Waals surface area contributed by atoms with E-state index in [4.69, 9.17) is 4.98 Å². The Morgan fingerprint density at radius 3 is 1.67 bits per heavy atom. The highest BCUT2D eigenvalue weighted by atomic mass is 32.1. The van der Waals surface area contributed by atoms with Crippen LogP contribution in [0, 0.1) is 0 Å². The number of para-hydroxylation sites is 1. The van der Waals surface area contributed by atoms with E-state index >= 15 is 0 Å². The fourth-order valence-electron chi connectivity index (χ4n) is 7.60.